The maximum Gasteiger partial charge on any atom is 0.355 e. The van der Waals surface area contributed by atoms with Gasteiger partial charge in [-0.25, -0.2) is 69.4 Å². The third-order valence-corrected chi connectivity index (χ3v) is 24.3. The van der Waals surface area contributed by atoms with Crippen molar-refractivity contribution in [1.29, 1.82) is 0 Å². The van der Waals surface area contributed by atoms with E-state index in [9.17, 15) is 57.3 Å². The number of hydrogen-bond acceptors (Lipinski definition) is 24. The van der Waals surface area contributed by atoms with E-state index in [1.165, 1.54) is 122 Å². The Morgan fingerprint density at radius 1 is 0.397 bits per heavy atom. The molecule has 3 saturated heterocycles. The highest BCUT2D eigenvalue weighted by atomic mass is 32.2. The van der Waals surface area contributed by atoms with Crippen molar-refractivity contribution in [1.82, 2.24) is 73.3 Å². The molecule has 0 spiro atoms. The molecule has 0 aliphatic carbocycles. The van der Waals surface area contributed by atoms with Gasteiger partial charge in [0.2, 0.25) is 17.7 Å². The predicted molar refractivity (Wildman–Crippen MR) is 478 cm³/mol. The second-order valence-corrected chi connectivity index (χ2v) is 33.5. The Kier molecular flexibility index (Phi) is 27.3. The van der Waals surface area contributed by atoms with Crippen molar-refractivity contribution in [3.63, 3.8) is 0 Å². The van der Waals surface area contributed by atoms with Crippen LogP contribution in [0.2, 0.25) is 0 Å². The quantitative estimate of drug-likeness (QED) is 0.0408. The smallest absolute Gasteiger partial charge is 0.355 e. The maximum atomic E-state index is 15.9. The number of benzene rings is 3. The summed E-state index contributed by atoms with van der Waals surface area (Å²) in [5.74, 6) is -7.10. The summed E-state index contributed by atoms with van der Waals surface area (Å²) in [6.07, 6.45) is 14.3. The molecule has 3 aromatic carbocycles. The van der Waals surface area contributed by atoms with E-state index in [1.807, 2.05) is 95.8 Å². The average molecular weight is 1780 g/mol. The van der Waals surface area contributed by atoms with Crippen LogP contribution in [0.15, 0.2) is 177 Å². The molecule has 27 nitrogen and oxygen atoms in total. The lowest BCUT2D eigenvalue weighted by molar-refractivity contribution is -0.127. The van der Waals surface area contributed by atoms with Gasteiger partial charge in [-0.05, 0) is 148 Å². The summed E-state index contributed by atoms with van der Waals surface area (Å²) in [6, 6.07) is 18.9. The number of carbonyl (C=O) groups excluding carboxylic acids is 3. The Morgan fingerprint density at radius 3 is 0.865 bits per heavy atom. The monoisotopic (exact) mass is 1780 g/mol. The molecule has 12 heterocycles. The number of phenols is 3. The van der Waals surface area contributed by atoms with Crippen LogP contribution >= 0.6 is 35.3 Å². The summed E-state index contributed by atoms with van der Waals surface area (Å²) < 4.78 is 96.3. The number of phenolic OH excluding ortho intramolecular Hbond substituents is 3. The number of piperazine rings is 3. The molecule has 126 heavy (non-hydrogen) atoms. The zero-order valence-electron chi connectivity index (χ0n) is 70.9. The standard InChI is InChI=1S/3C30H30F2N6O3S/c3*1-6-23(40)36-12-13-37(17(4)15-36)28-18-14-20(32)26(24-19(31)8-7-9-21(24)39)34-29(18)38(30(41)35-28)27-22(42-5)10-11-33-25(27)16(2)3/h3*6-11,14,16-17,39H,1,12-13,15H2,2-5H3/t3*17-/m000/s1. The zero-order valence-corrected chi connectivity index (χ0v) is 73.4. The molecule has 9 aromatic heterocycles. The van der Waals surface area contributed by atoms with Crippen molar-refractivity contribution in [2.45, 2.75) is 113 Å². The Morgan fingerprint density at radius 2 is 0.651 bits per heavy atom. The van der Waals surface area contributed by atoms with E-state index in [2.05, 4.69) is 64.6 Å². The molecule has 12 aromatic rings. The molecule has 3 fully saturated rings. The van der Waals surface area contributed by atoms with E-state index in [0.29, 0.717) is 93.0 Å². The van der Waals surface area contributed by atoms with E-state index in [1.54, 1.807) is 51.5 Å². The third kappa shape index (κ3) is 17.4. The number of carbonyl (C=O) groups is 3. The highest BCUT2D eigenvalue weighted by Crippen LogP contribution is 2.44. The summed E-state index contributed by atoms with van der Waals surface area (Å²) in [6.45, 7) is 30.9. The van der Waals surface area contributed by atoms with Crippen LogP contribution in [-0.4, -0.2) is 202 Å². The fourth-order valence-corrected chi connectivity index (χ4v) is 17.7. The van der Waals surface area contributed by atoms with Gasteiger partial charge in [-0.3, -0.25) is 29.3 Å². The van der Waals surface area contributed by atoms with Crippen LogP contribution < -0.4 is 31.8 Å². The first-order valence-corrected chi connectivity index (χ1v) is 43.9. The van der Waals surface area contributed by atoms with Gasteiger partial charge < -0.3 is 44.7 Å². The summed E-state index contributed by atoms with van der Waals surface area (Å²) in [4.78, 5) is 132. The van der Waals surface area contributed by atoms with Crippen LogP contribution in [0.1, 0.15) is 97.1 Å². The number of rotatable bonds is 18. The lowest BCUT2D eigenvalue weighted by atomic mass is 10.1. The normalized spacial score (nSPS) is 15.5. The Labute approximate surface area is 733 Å². The molecule has 0 bridgehead atoms. The van der Waals surface area contributed by atoms with Crippen LogP contribution in [-0.2, 0) is 14.4 Å². The molecule has 3 amide bonds. The first kappa shape index (κ1) is 90.8. The number of aromatic nitrogens is 12. The van der Waals surface area contributed by atoms with Gasteiger partial charge in [0.15, 0.2) is 34.4 Å². The number of nitrogens with zero attached hydrogens (tertiary/aromatic N) is 18. The summed E-state index contributed by atoms with van der Waals surface area (Å²) >= 11 is 4.20. The summed E-state index contributed by atoms with van der Waals surface area (Å²) in [7, 11) is 0. The number of fused-ring (bicyclic) bond motifs is 3. The topological polar surface area (TPSA) is 313 Å². The summed E-state index contributed by atoms with van der Waals surface area (Å²) in [5.41, 5.74) is -1.36. The van der Waals surface area contributed by atoms with Gasteiger partial charge in [0.05, 0.1) is 67.0 Å². The van der Waals surface area contributed by atoms with Crippen molar-refractivity contribution in [3.8, 4) is 68.1 Å². The van der Waals surface area contributed by atoms with Crippen LogP contribution in [0.3, 0.4) is 0 Å². The first-order chi connectivity index (χ1) is 60.2. The number of hydrogen-bond donors (Lipinski definition) is 3. The van der Waals surface area contributed by atoms with Gasteiger partial charge in [-0.2, -0.15) is 15.0 Å². The second-order valence-electron chi connectivity index (χ2n) is 30.9. The molecular weight excluding hydrogens is 1690 g/mol. The highest BCUT2D eigenvalue weighted by Gasteiger charge is 2.37. The Hall–Kier alpha value is -13.0. The number of pyridine rings is 6. The number of aromatic hydroxyl groups is 3. The summed E-state index contributed by atoms with van der Waals surface area (Å²) in [5, 5.41) is 32.1. The van der Waals surface area contributed by atoms with Crippen LogP contribution in [0.5, 0.6) is 17.2 Å². The Bertz CT molecular complexity index is 5880. The molecular formula is C90H90F6N18O9S3. The Balaban J connectivity index is 0.000000162. The van der Waals surface area contributed by atoms with E-state index >= 15 is 13.2 Å². The minimum Gasteiger partial charge on any atom is -0.507 e. The van der Waals surface area contributed by atoms with E-state index in [-0.39, 0.29) is 104 Å². The molecule has 3 atom stereocenters. The molecule has 3 N–H and O–H groups in total. The molecule has 3 aliphatic rings. The number of anilines is 3. The zero-order chi connectivity index (χ0) is 90.9. The lowest BCUT2D eigenvalue weighted by Crippen LogP contribution is -2.54. The van der Waals surface area contributed by atoms with E-state index in [4.69, 9.17) is 0 Å². The number of thioether (sulfide) groups is 3. The van der Waals surface area contributed by atoms with Crippen LogP contribution in [0.25, 0.3) is 83.9 Å². The van der Waals surface area contributed by atoms with Crippen molar-refractivity contribution in [2.75, 3.05) is 92.4 Å². The highest BCUT2D eigenvalue weighted by molar-refractivity contribution is 7.99. The van der Waals surface area contributed by atoms with Crippen molar-refractivity contribution >= 4 is 104 Å². The maximum absolute atomic E-state index is 15.9. The fourth-order valence-electron chi connectivity index (χ4n) is 15.9. The minimum absolute atomic E-state index is 0.0334. The SMILES string of the molecule is C=CC(=O)N1CCN(c2nc(=O)n(-c3c(SC)ccnc3C(C)C)c3nc(-c4c(O)cccc4F)c(F)cc23)[C@@H](C)C1.C=CC(=O)N1CCN(c2nc(=O)n(-c3c(SC)ccnc3C(C)C)c3nc(-c4c(O)cccc4F)c(F)cc23)[C@@H](C)C1.C=CC(=O)N1CCN(c2nc(=O)n(-c3c(SC)ccnc3C(C)C)c3nc(-c4c(O)cccc4F)c(F)cc23)[C@@H](C)C1. The van der Waals surface area contributed by atoms with Gasteiger partial charge in [-0.15, -0.1) is 35.3 Å². The lowest BCUT2D eigenvalue weighted by Gasteiger charge is -2.40. The van der Waals surface area contributed by atoms with Crippen LogP contribution in [0.4, 0.5) is 43.8 Å². The molecule has 0 saturated carbocycles. The number of amides is 3. The van der Waals surface area contributed by atoms with Crippen molar-refractivity contribution in [3.05, 3.63) is 231 Å². The molecule has 15 rings (SSSR count). The van der Waals surface area contributed by atoms with E-state index < -0.39 is 103 Å². The average Bonchev–Trinajstić information content (AvgIpc) is 0.740. The first-order valence-electron chi connectivity index (χ1n) is 40.2. The van der Waals surface area contributed by atoms with Gasteiger partial charge in [0.1, 0.15) is 69.2 Å². The van der Waals surface area contributed by atoms with Gasteiger partial charge in [-0.1, -0.05) is 79.5 Å². The third-order valence-electron chi connectivity index (χ3n) is 22.0. The largest absolute Gasteiger partial charge is 0.507 e. The molecule has 0 radical (unpaired) electrons. The van der Waals surface area contributed by atoms with Crippen molar-refractivity contribution < 1.29 is 56.0 Å². The van der Waals surface area contributed by atoms with Crippen molar-refractivity contribution in [2.24, 2.45) is 0 Å². The second kappa shape index (κ2) is 37.9. The van der Waals surface area contributed by atoms with Gasteiger partial charge >= 0.3 is 17.1 Å². The van der Waals surface area contributed by atoms with Gasteiger partial charge in [0, 0.05) is 110 Å². The molecule has 0 unspecified atom stereocenters. The molecule has 36 heteroatoms. The number of halogens is 6. The molecule has 654 valence electrons. The fraction of sp³-hybridized carbons (Fsp3) is 0.300. The minimum atomic E-state index is -0.898. The van der Waals surface area contributed by atoms with Crippen LogP contribution in [0, 0.1) is 34.9 Å². The van der Waals surface area contributed by atoms with Gasteiger partial charge in [0.25, 0.3) is 0 Å². The van der Waals surface area contributed by atoms with E-state index in [0.717, 1.165) is 32.9 Å². The molecule has 3 aliphatic heterocycles. The predicted octanol–water partition coefficient (Wildman–Crippen LogP) is 14.7.